The van der Waals surface area contributed by atoms with Gasteiger partial charge in [0.2, 0.25) is 0 Å². The number of carbonyl (C=O) groups excluding carboxylic acids is 1. The molecule has 298 valence electrons. The summed E-state index contributed by atoms with van der Waals surface area (Å²) in [7, 11) is -4.62. The summed E-state index contributed by atoms with van der Waals surface area (Å²) in [4.78, 5) is 39.5. The van der Waals surface area contributed by atoms with Gasteiger partial charge in [0.1, 0.15) is 0 Å². The molecule has 4 aromatic rings. The Morgan fingerprint density at radius 3 is 1.80 bits per heavy atom. The Morgan fingerprint density at radius 2 is 1.36 bits per heavy atom. The van der Waals surface area contributed by atoms with E-state index in [2.05, 4.69) is 124 Å². The number of urea groups is 1. The zero-order valence-corrected chi connectivity index (χ0v) is 38.7. The van der Waals surface area contributed by atoms with E-state index in [4.69, 9.17) is 21.3 Å². The number of rotatable bonds is 7. The molecule has 8 N–H and O–H groups in total. The Balaban J connectivity index is 0.000000404. The van der Waals surface area contributed by atoms with Crippen molar-refractivity contribution < 1.29 is 24.1 Å². The fourth-order valence-electron chi connectivity index (χ4n) is 4.52. The zero-order chi connectivity index (χ0) is 42.3. The molecule has 0 radical (unpaired) electrons. The number of hydrogen-bond donors (Lipinski definition) is 6. The fraction of sp³-hybridized carbons (Fsp3) is 0.256. The van der Waals surface area contributed by atoms with Crippen molar-refractivity contribution in [2.75, 3.05) is 16.8 Å². The number of anilines is 3. The molecule has 55 heavy (non-hydrogen) atoms. The summed E-state index contributed by atoms with van der Waals surface area (Å²) in [5, 5.41) is 14.5. The Morgan fingerprint density at radius 1 is 0.800 bits per heavy atom. The highest BCUT2D eigenvalue weighted by molar-refractivity contribution is 9.11. The number of nitro benzene ring substituents is 1. The molecule has 4 aromatic carbocycles. The third-order valence-corrected chi connectivity index (χ3v) is 9.63. The van der Waals surface area contributed by atoms with Crippen LogP contribution in [0.3, 0.4) is 0 Å². The standard InChI is InChI=1S/C17H29N2O4P.C10H11N.C6H3Br2NO2.C6H5Br2N/c1-16(2,3)10-12-7-8-13(11-17(4,5)6)14(9-12)18-15(20)19-24(21,22)23;1-3-8-5-6-9(4-2)10(11)7-8;7-4-1-2-5(8)6(3-4)9(10)11;7-4-1-2-5(8)6(9)3-4/h7-9H,10-11H2,1-6H3,(H4,18,19,20,21,22,23);3-7H,1-2,11H2;1-3H;1-3H,9H2. The van der Waals surface area contributed by atoms with Crippen LogP contribution in [0.25, 0.3) is 12.2 Å². The van der Waals surface area contributed by atoms with Crippen LogP contribution in [0.5, 0.6) is 0 Å². The summed E-state index contributed by atoms with van der Waals surface area (Å²) in [5.74, 6) is 0. The molecule has 0 aliphatic rings. The molecule has 11 nitrogen and oxygen atoms in total. The van der Waals surface area contributed by atoms with Crippen LogP contribution >= 0.6 is 71.5 Å². The van der Waals surface area contributed by atoms with E-state index in [1.165, 1.54) is 6.07 Å². The van der Waals surface area contributed by atoms with Crippen molar-refractivity contribution in [1.29, 1.82) is 0 Å². The molecule has 0 fully saturated rings. The van der Waals surface area contributed by atoms with E-state index in [0.29, 0.717) is 14.6 Å². The van der Waals surface area contributed by atoms with Crippen molar-refractivity contribution in [3.63, 3.8) is 0 Å². The fourth-order valence-corrected chi connectivity index (χ4v) is 6.20. The van der Waals surface area contributed by atoms with Crippen LogP contribution in [0.2, 0.25) is 0 Å². The minimum atomic E-state index is -4.62. The molecule has 0 aliphatic heterocycles. The Labute approximate surface area is 357 Å². The number of nitro groups is 1. The number of halogens is 4. The van der Waals surface area contributed by atoms with Gasteiger partial charge < -0.3 is 26.6 Å². The summed E-state index contributed by atoms with van der Waals surface area (Å²) in [6, 6.07) is 21.2. The lowest BCUT2D eigenvalue weighted by molar-refractivity contribution is -0.385. The Bertz CT molecular complexity index is 2010. The van der Waals surface area contributed by atoms with Crippen molar-refractivity contribution in [3.05, 3.63) is 136 Å². The van der Waals surface area contributed by atoms with E-state index in [1.54, 1.807) is 29.4 Å². The third-order valence-electron chi connectivity index (χ3n) is 6.75. The van der Waals surface area contributed by atoms with Gasteiger partial charge in [0.05, 0.1) is 9.40 Å². The first-order chi connectivity index (χ1) is 25.2. The van der Waals surface area contributed by atoms with Gasteiger partial charge in [-0.1, -0.05) is 123 Å². The van der Waals surface area contributed by atoms with E-state index < -0.39 is 18.7 Å². The van der Waals surface area contributed by atoms with Crippen LogP contribution in [0, 0.1) is 20.9 Å². The van der Waals surface area contributed by atoms with E-state index in [9.17, 15) is 19.5 Å². The first-order valence-corrected chi connectivity index (χ1v) is 21.2. The quantitative estimate of drug-likeness (QED) is 0.0455. The number of hydrogen-bond acceptors (Lipinski definition) is 6. The second-order valence-corrected chi connectivity index (χ2v) is 19.2. The number of carbonyl (C=O) groups is 1. The van der Waals surface area contributed by atoms with E-state index >= 15 is 0 Å². The molecule has 0 saturated heterocycles. The molecular weight excluding hydrogens is 985 g/mol. The van der Waals surface area contributed by atoms with Crippen LogP contribution in [-0.4, -0.2) is 20.7 Å². The van der Waals surface area contributed by atoms with Gasteiger partial charge in [0.15, 0.2) is 0 Å². The topological polar surface area (TPSA) is 194 Å². The van der Waals surface area contributed by atoms with Gasteiger partial charge in [-0.2, -0.15) is 0 Å². The highest BCUT2D eigenvalue weighted by atomic mass is 79.9. The normalized spacial score (nSPS) is 10.9. The predicted molar refractivity (Wildman–Crippen MR) is 243 cm³/mol. The molecule has 0 bridgehead atoms. The predicted octanol–water partition coefficient (Wildman–Crippen LogP) is 12.5. The van der Waals surface area contributed by atoms with Gasteiger partial charge in [0.25, 0.3) is 5.69 Å². The van der Waals surface area contributed by atoms with Gasteiger partial charge in [-0.05, 0) is 120 Å². The number of nitrogens with zero attached hydrogens (tertiary/aromatic N) is 1. The smallest absolute Gasteiger partial charge is 0.398 e. The van der Waals surface area contributed by atoms with Crippen LogP contribution in [0.1, 0.15) is 63.8 Å². The maximum Gasteiger partial charge on any atom is 0.431 e. The number of nitrogens with two attached hydrogens (primary N) is 2. The maximum absolute atomic E-state index is 11.8. The molecule has 4 rings (SSSR count). The average Bonchev–Trinajstić information content (AvgIpc) is 3.04. The first-order valence-electron chi connectivity index (χ1n) is 16.4. The molecule has 2 amide bonds. The summed E-state index contributed by atoms with van der Waals surface area (Å²) in [6.07, 6.45) is 5.07. The Kier molecular flexibility index (Phi) is 20.3. The molecule has 0 spiro atoms. The lowest BCUT2D eigenvalue weighted by Gasteiger charge is -2.23. The van der Waals surface area contributed by atoms with Crippen molar-refractivity contribution >= 4 is 112 Å². The zero-order valence-electron chi connectivity index (χ0n) is 31.5. The molecule has 0 atom stereocenters. The van der Waals surface area contributed by atoms with Gasteiger partial charge in [-0.3, -0.25) is 10.1 Å². The number of amides is 2. The number of nitrogens with one attached hydrogen (secondary N) is 2. The van der Waals surface area contributed by atoms with Gasteiger partial charge in [-0.25, -0.2) is 14.4 Å². The second kappa shape index (κ2) is 22.4. The van der Waals surface area contributed by atoms with E-state index in [-0.39, 0.29) is 16.5 Å². The molecule has 0 heterocycles. The second-order valence-electron chi connectivity index (χ2n) is 14.4. The van der Waals surface area contributed by atoms with Crippen molar-refractivity contribution in [1.82, 2.24) is 5.09 Å². The average molecular weight is 1030 g/mol. The molecular formula is C39H48Br4N5O6P. The Hall–Kier alpha value is -3.30. The number of benzene rings is 4. The van der Waals surface area contributed by atoms with Crippen LogP contribution < -0.4 is 21.9 Å². The summed E-state index contributed by atoms with van der Waals surface area (Å²) >= 11 is 12.8. The largest absolute Gasteiger partial charge is 0.431 e. The minimum absolute atomic E-state index is 0.0156. The first kappa shape index (κ1) is 49.7. The molecule has 0 saturated carbocycles. The molecule has 16 heteroatoms. The molecule has 0 unspecified atom stereocenters. The highest BCUT2D eigenvalue weighted by Crippen LogP contribution is 2.32. The number of nitrogen functional groups attached to an aromatic ring is 2. The highest BCUT2D eigenvalue weighted by Gasteiger charge is 2.21. The monoisotopic (exact) mass is 1030 g/mol. The van der Waals surface area contributed by atoms with Crippen molar-refractivity contribution in [2.24, 2.45) is 10.8 Å². The van der Waals surface area contributed by atoms with Gasteiger partial charge in [0, 0.05) is 36.5 Å². The summed E-state index contributed by atoms with van der Waals surface area (Å²) in [6.45, 7) is 20.0. The van der Waals surface area contributed by atoms with Gasteiger partial charge >= 0.3 is 13.8 Å². The minimum Gasteiger partial charge on any atom is -0.398 e. The van der Waals surface area contributed by atoms with Crippen LogP contribution in [0.4, 0.5) is 27.5 Å². The maximum atomic E-state index is 11.8. The van der Waals surface area contributed by atoms with Gasteiger partial charge in [-0.15, -0.1) is 0 Å². The SMILES string of the molecule is C=Cc1ccc(C=C)c(N)c1.CC(C)(C)Cc1ccc(CC(C)(C)C)c(NC(=O)NP(=O)(O)O)c1.Nc1cc(Br)ccc1Br.O=[N+]([O-])c1cc(Br)ccc1Br. The van der Waals surface area contributed by atoms with Crippen molar-refractivity contribution in [3.8, 4) is 0 Å². The summed E-state index contributed by atoms with van der Waals surface area (Å²) in [5.41, 5.74) is 17.5. The van der Waals surface area contributed by atoms with Crippen LogP contribution in [-0.2, 0) is 17.4 Å². The van der Waals surface area contributed by atoms with Crippen molar-refractivity contribution in [2.45, 2.75) is 54.4 Å². The lowest BCUT2D eigenvalue weighted by Crippen LogP contribution is -2.27. The molecule has 0 aliphatic carbocycles. The third kappa shape index (κ3) is 21.0. The lowest BCUT2D eigenvalue weighted by atomic mass is 9.84. The summed E-state index contributed by atoms with van der Waals surface area (Å²) < 4.78 is 14.1. The van der Waals surface area contributed by atoms with E-state index in [0.717, 1.165) is 55.4 Å². The van der Waals surface area contributed by atoms with E-state index in [1.807, 2.05) is 54.6 Å². The molecule has 0 aromatic heterocycles. The van der Waals surface area contributed by atoms with Crippen LogP contribution in [0.15, 0.2) is 104 Å².